The molecule has 1 N–H and O–H groups in total. The third kappa shape index (κ3) is 2.80. The van der Waals surface area contributed by atoms with Gasteiger partial charge in [0.15, 0.2) is 0 Å². The van der Waals surface area contributed by atoms with Crippen LogP contribution in [0.2, 0.25) is 0 Å². The SMILES string of the molecule is c1ccc(CN2CCCC(n3ccc4cnc5[nH]ccc5c43)CC2)cc1. The Bertz CT molecular complexity index is 1010. The van der Waals surface area contributed by atoms with Crippen LogP contribution < -0.4 is 0 Å². The average Bonchev–Trinajstić information content (AvgIpc) is 3.25. The second-order valence-electron chi connectivity index (χ2n) is 7.37. The third-order valence-corrected chi connectivity index (χ3v) is 5.69. The van der Waals surface area contributed by atoms with Crippen LogP contribution in [-0.2, 0) is 6.54 Å². The summed E-state index contributed by atoms with van der Waals surface area (Å²) in [5.74, 6) is 0. The smallest absolute Gasteiger partial charge is 0.139 e. The highest BCUT2D eigenvalue weighted by Crippen LogP contribution is 2.31. The third-order valence-electron chi connectivity index (χ3n) is 5.69. The fourth-order valence-electron chi connectivity index (χ4n) is 4.37. The molecule has 4 heterocycles. The minimum Gasteiger partial charge on any atom is -0.346 e. The highest BCUT2D eigenvalue weighted by atomic mass is 15.1. The molecule has 1 aliphatic heterocycles. The van der Waals surface area contributed by atoms with Crippen LogP contribution in [0, 0.1) is 0 Å². The van der Waals surface area contributed by atoms with Gasteiger partial charge in [-0.2, -0.15) is 0 Å². The summed E-state index contributed by atoms with van der Waals surface area (Å²) >= 11 is 0. The second-order valence-corrected chi connectivity index (χ2v) is 7.37. The summed E-state index contributed by atoms with van der Waals surface area (Å²) in [6.07, 6.45) is 9.93. The monoisotopic (exact) mass is 344 g/mol. The average molecular weight is 344 g/mol. The van der Waals surface area contributed by atoms with Crippen LogP contribution in [0.25, 0.3) is 21.9 Å². The number of hydrogen-bond donors (Lipinski definition) is 1. The van der Waals surface area contributed by atoms with Gasteiger partial charge in [0.05, 0.1) is 5.52 Å². The first-order valence-electron chi connectivity index (χ1n) is 9.57. The first-order chi connectivity index (χ1) is 12.9. The number of fused-ring (bicyclic) bond motifs is 3. The van der Waals surface area contributed by atoms with Gasteiger partial charge in [0.1, 0.15) is 5.65 Å². The second kappa shape index (κ2) is 6.61. The summed E-state index contributed by atoms with van der Waals surface area (Å²) in [5.41, 5.74) is 3.73. The van der Waals surface area contributed by atoms with E-state index in [4.69, 9.17) is 0 Å². The zero-order chi connectivity index (χ0) is 17.3. The lowest BCUT2D eigenvalue weighted by molar-refractivity contribution is 0.273. The van der Waals surface area contributed by atoms with E-state index in [9.17, 15) is 0 Å². The molecule has 4 heteroatoms. The largest absolute Gasteiger partial charge is 0.346 e. The minimum atomic E-state index is 0.564. The molecule has 1 saturated heterocycles. The summed E-state index contributed by atoms with van der Waals surface area (Å²) < 4.78 is 2.50. The van der Waals surface area contributed by atoms with E-state index in [0.29, 0.717) is 6.04 Å². The fraction of sp³-hybridized carbons (Fsp3) is 0.318. The number of nitrogens with zero attached hydrogens (tertiary/aromatic N) is 3. The van der Waals surface area contributed by atoms with Crippen molar-refractivity contribution in [3.05, 3.63) is 66.6 Å². The van der Waals surface area contributed by atoms with E-state index in [1.54, 1.807) is 0 Å². The fourth-order valence-corrected chi connectivity index (χ4v) is 4.37. The normalized spacial score (nSPS) is 19.2. The topological polar surface area (TPSA) is 36.9 Å². The quantitative estimate of drug-likeness (QED) is 0.582. The molecule has 4 aromatic rings. The number of pyridine rings is 1. The van der Waals surface area contributed by atoms with Gasteiger partial charge >= 0.3 is 0 Å². The molecule has 1 unspecified atom stereocenters. The summed E-state index contributed by atoms with van der Waals surface area (Å²) in [7, 11) is 0. The number of hydrogen-bond acceptors (Lipinski definition) is 2. The van der Waals surface area contributed by atoms with Crippen LogP contribution in [0.1, 0.15) is 30.9 Å². The lowest BCUT2D eigenvalue weighted by Crippen LogP contribution is -2.24. The Labute approximate surface area is 153 Å². The minimum absolute atomic E-state index is 0.564. The number of aromatic nitrogens is 3. The summed E-state index contributed by atoms with van der Waals surface area (Å²) in [6, 6.07) is 15.8. The van der Waals surface area contributed by atoms with E-state index in [1.807, 2.05) is 12.4 Å². The molecule has 0 amide bonds. The van der Waals surface area contributed by atoms with Crippen LogP contribution >= 0.6 is 0 Å². The predicted molar refractivity (Wildman–Crippen MR) is 106 cm³/mol. The zero-order valence-electron chi connectivity index (χ0n) is 14.9. The molecule has 1 fully saturated rings. The van der Waals surface area contributed by atoms with Crippen LogP contribution in [0.15, 0.2) is 61.1 Å². The van der Waals surface area contributed by atoms with E-state index in [0.717, 1.165) is 18.7 Å². The number of aromatic amines is 1. The van der Waals surface area contributed by atoms with Gasteiger partial charge < -0.3 is 9.55 Å². The number of likely N-dealkylation sites (tertiary alicyclic amines) is 1. The van der Waals surface area contributed by atoms with Crippen molar-refractivity contribution in [2.75, 3.05) is 13.1 Å². The molecule has 132 valence electrons. The van der Waals surface area contributed by atoms with Crippen molar-refractivity contribution in [2.24, 2.45) is 0 Å². The lowest BCUT2D eigenvalue weighted by atomic mass is 10.1. The summed E-state index contributed by atoms with van der Waals surface area (Å²) in [5, 5.41) is 2.47. The van der Waals surface area contributed by atoms with E-state index >= 15 is 0 Å². The van der Waals surface area contributed by atoms with Gasteiger partial charge in [0, 0.05) is 48.5 Å². The van der Waals surface area contributed by atoms with Gasteiger partial charge in [-0.05, 0) is 43.5 Å². The molecule has 0 bridgehead atoms. The predicted octanol–water partition coefficient (Wildman–Crippen LogP) is 4.74. The molecular weight excluding hydrogens is 320 g/mol. The number of benzene rings is 1. The Balaban J connectivity index is 1.40. The Morgan fingerprint density at radius 2 is 1.96 bits per heavy atom. The van der Waals surface area contributed by atoms with Crippen molar-refractivity contribution in [1.82, 2.24) is 19.4 Å². The van der Waals surface area contributed by atoms with E-state index < -0.39 is 0 Å². The first-order valence-corrected chi connectivity index (χ1v) is 9.57. The highest BCUT2D eigenvalue weighted by Gasteiger charge is 2.20. The van der Waals surface area contributed by atoms with Gasteiger partial charge in [-0.3, -0.25) is 4.90 Å². The maximum atomic E-state index is 4.53. The standard InChI is InChI=1S/C22H24N4/c1-2-5-17(6-3-1)16-25-12-4-7-19(10-13-25)26-14-9-18-15-24-22-20(21(18)26)8-11-23-22/h1-3,5-6,8-9,11,14-15,19H,4,7,10,12-13,16H2,(H,23,24). The molecule has 0 spiro atoms. The summed E-state index contributed by atoms with van der Waals surface area (Å²) in [6.45, 7) is 3.40. The van der Waals surface area contributed by atoms with Crippen LogP contribution in [-0.4, -0.2) is 32.5 Å². The molecule has 0 aliphatic carbocycles. The number of rotatable bonds is 3. The van der Waals surface area contributed by atoms with Gasteiger partial charge in [-0.25, -0.2) is 4.98 Å². The van der Waals surface area contributed by atoms with Crippen LogP contribution in [0.5, 0.6) is 0 Å². The van der Waals surface area contributed by atoms with Crippen molar-refractivity contribution in [3.63, 3.8) is 0 Å². The summed E-state index contributed by atoms with van der Waals surface area (Å²) in [4.78, 5) is 10.4. The van der Waals surface area contributed by atoms with Crippen molar-refractivity contribution in [3.8, 4) is 0 Å². The van der Waals surface area contributed by atoms with Crippen LogP contribution in [0.3, 0.4) is 0 Å². The lowest BCUT2D eigenvalue weighted by Gasteiger charge is -2.21. The van der Waals surface area contributed by atoms with Gasteiger partial charge in [-0.15, -0.1) is 0 Å². The number of nitrogens with one attached hydrogen (secondary N) is 1. The number of H-pyrrole nitrogens is 1. The zero-order valence-corrected chi connectivity index (χ0v) is 14.9. The molecule has 1 aliphatic rings. The molecule has 26 heavy (non-hydrogen) atoms. The van der Waals surface area contributed by atoms with Crippen molar-refractivity contribution in [2.45, 2.75) is 31.8 Å². The molecule has 0 saturated carbocycles. The Hall–Kier alpha value is -2.59. The van der Waals surface area contributed by atoms with Crippen molar-refractivity contribution < 1.29 is 0 Å². The molecular formula is C22H24N4. The highest BCUT2D eigenvalue weighted by molar-refractivity contribution is 6.02. The Morgan fingerprint density at radius 1 is 1.04 bits per heavy atom. The maximum Gasteiger partial charge on any atom is 0.139 e. The van der Waals surface area contributed by atoms with E-state index in [1.165, 1.54) is 47.7 Å². The van der Waals surface area contributed by atoms with E-state index in [-0.39, 0.29) is 0 Å². The van der Waals surface area contributed by atoms with Gasteiger partial charge in [0.25, 0.3) is 0 Å². The van der Waals surface area contributed by atoms with Crippen molar-refractivity contribution >= 4 is 21.9 Å². The molecule has 5 rings (SSSR count). The molecule has 4 nitrogen and oxygen atoms in total. The van der Waals surface area contributed by atoms with Gasteiger partial charge in [-0.1, -0.05) is 30.3 Å². The molecule has 1 atom stereocenters. The van der Waals surface area contributed by atoms with Crippen LogP contribution in [0.4, 0.5) is 0 Å². The molecule has 3 aromatic heterocycles. The molecule has 1 aromatic carbocycles. The molecule has 0 radical (unpaired) electrons. The first kappa shape index (κ1) is 15.6. The Morgan fingerprint density at radius 3 is 2.88 bits per heavy atom. The van der Waals surface area contributed by atoms with Gasteiger partial charge in [0.2, 0.25) is 0 Å². The van der Waals surface area contributed by atoms with Crippen molar-refractivity contribution in [1.29, 1.82) is 0 Å². The Kier molecular flexibility index (Phi) is 3.98. The maximum absolute atomic E-state index is 4.53. The van der Waals surface area contributed by atoms with E-state index in [2.05, 4.69) is 68.1 Å².